The molecule has 1 fully saturated rings. The Morgan fingerprint density at radius 3 is 2.67 bits per heavy atom. The number of nitrogens with zero attached hydrogens (tertiary/aromatic N) is 2. The first kappa shape index (κ1) is 18.3. The second-order valence-corrected chi connectivity index (χ2v) is 6.30. The molecule has 0 bridgehead atoms. The zero-order valence-electron chi connectivity index (χ0n) is 14.5. The molecule has 2 rings (SSSR count). The van der Waals surface area contributed by atoms with Crippen molar-refractivity contribution in [2.75, 3.05) is 33.3 Å². The van der Waals surface area contributed by atoms with Crippen molar-refractivity contribution in [2.45, 2.75) is 26.3 Å². The molecule has 0 unspecified atom stereocenters. The average Bonchev–Trinajstić information content (AvgIpc) is 2.57. The van der Waals surface area contributed by atoms with Gasteiger partial charge in [0.2, 0.25) is 11.8 Å². The fraction of sp³-hybridized carbons (Fsp3) is 0.556. The number of hydrogen-bond donors (Lipinski definition) is 1. The number of likely N-dealkylation sites (N-methyl/N-ethyl adjacent to an activating group) is 1. The molecule has 0 spiro atoms. The lowest BCUT2D eigenvalue weighted by atomic mass is 9.97. The summed E-state index contributed by atoms with van der Waals surface area (Å²) < 4.78 is 5.42. The molecule has 0 radical (unpaired) electrons. The smallest absolute Gasteiger partial charge is 0.236 e. The number of benzene rings is 1. The van der Waals surface area contributed by atoms with Crippen LogP contribution in [0.3, 0.4) is 0 Å². The molecule has 0 saturated carbocycles. The number of likely N-dealkylation sites (tertiary alicyclic amines) is 1. The predicted octanol–water partition coefficient (Wildman–Crippen LogP) is 1.24. The Balaban J connectivity index is 1.84. The van der Waals surface area contributed by atoms with Crippen molar-refractivity contribution in [3.63, 3.8) is 0 Å². The van der Waals surface area contributed by atoms with Crippen molar-refractivity contribution in [1.29, 1.82) is 0 Å². The SMILES string of the molecule is CCOc1ccc(CN(C)C(=O)CN2CCC[C@@H](C(N)=O)C2)cc1. The van der Waals surface area contributed by atoms with Crippen LogP contribution in [0.1, 0.15) is 25.3 Å². The van der Waals surface area contributed by atoms with E-state index in [1.165, 1.54) is 0 Å². The Kier molecular flexibility index (Phi) is 6.61. The summed E-state index contributed by atoms with van der Waals surface area (Å²) in [7, 11) is 1.80. The third kappa shape index (κ3) is 5.23. The molecular weight excluding hydrogens is 306 g/mol. The number of rotatable bonds is 7. The summed E-state index contributed by atoms with van der Waals surface area (Å²) in [6, 6.07) is 7.77. The van der Waals surface area contributed by atoms with Gasteiger partial charge in [-0.15, -0.1) is 0 Å². The van der Waals surface area contributed by atoms with Crippen LogP contribution in [0.4, 0.5) is 0 Å². The molecule has 1 heterocycles. The molecule has 0 aromatic heterocycles. The molecule has 1 aromatic carbocycles. The van der Waals surface area contributed by atoms with Crippen molar-refractivity contribution < 1.29 is 14.3 Å². The van der Waals surface area contributed by atoms with E-state index in [1.807, 2.05) is 36.1 Å². The van der Waals surface area contributed by atoms with Crippen LogP contribution in [0, 0.1) is 5.92 Å². The minimum Gasteiger partial charge on any atom is -0.494 e. The second kappa shape index (κ2) is 8.68. The van der Waals surface area contributed by atoms with E-state index in [2.05, 4.69) is 0 Å². The topological polar surface area (TPSA) is 75.9 Å². The normalized spacial score (nSPS) is 18.2. The Hall–Kier alpha value is -2.08. The van der Waals surface area contributed by atoms with Gasteiger partial charge in [0.25, 0.3) is 0 Å². The average molecular weight is 333 g/mol. The molecule has 24 heavy (non-hydrogen) atoms. The van der Waals surface area contributed by atoms with Gasteiger partial charge in [0.05, 0.1) is 19.1 Å². The lowest BCUT2D eigenvalue weighted by Crippen LogP contribution is -2.45. The van der Waals surface area contributed by atoms with E-state index in [9.17, 15) is 9.59 Å². The van der Waals surface area contributed by atoms with Gasteiger partial charge in [-0.3, -0.25) is 14.5 Å². The second-order valence-electron chi connectivity index (χ2n) is 6.30. The van der Waals surface area contributed by atoms with Crippen molar-refractivity contribution in [3.05, 3.63) is 29.8 Å². The van der Waals surface area contributed by atoms with Gasteiger partial charge in [-0.1, -0.05) is 12.1 Å². The Morgan fingerprint density at radius 1 is 1.33 bits per heavy atom. The molecule has 6 heteroatoms. The van der Waals surface area contributed by atoms with Crippen LogP contribution in [0.2, 0.25) is 0 Å². The third-order valence-electron chi connectivity index (χ3n) is 4.35. The number of carbonyl (C=O) groups excluding carboxylic acids is 2. The molecule has 2 N–H and O–H groups in total. The summed E-state index contributed by atoms with van der Waals surface area (Å²) in [6.45, 7) is 4.89. The molecule has 1 aliphatic heterocycles. The zero-order chi connectivity index (χ0) is 17.5. The monoisotopic (exact) mass is 333 g/mol. The lowest BCUT2D eigenvalue weighted by molar-refractivity contribution is -0.133. The fourth-order valence-electron chi connectivity index (χ4n) is 2.96. The largest absolute Gasteiger partial charge is 0.494 e. The summed E-state index contributed by atoms with van der Waals surface area (Å²) in [6.07, 6.45) is 1.73. The summed E-state index contributed by atoms with van der Waals surface area (Å²) in [5.41, 5.74) is 6.44. The van der Waals surface area contributed by atoms with Crippen LogP contribution >= 0.6 is 0 Å². The minimum atomic E-state index is -0.269. The number of amides is 2. The van der Waals surface area contributed by atoms with Crippen LogP contribution in [-0.2, 0) is 16.1 Å². The highest BCUT2D eigenvalue weighted by molar-refractivity contribution is 5.79. The molecule has 1 atom stereocenters. The first-order valence-corrected chi connectivity index (χ1v) is 8.47. The number of carbonyl (C=O) groups is 2. The van der Waals surface area contributed by atoms with Crippen LogP contribution in [0.25, 0.3) is 0 Å². The Morgan fingerprint density at radius 2 is 2.04 bits per heavy atom. The van der Waals surface area contributed by atoms with Gasteiger partial charge in [0.1, 0.15) is 5.75 Å². The molecule has 1 saturated heterocycles. The van der Waals surface area contributed by atoms with Crippen molar-refractivity contribution >= 4 is 11.8 Å². The van der Waals surface area contributed by atoms with E-state index in [4.69, 9.17) is 10.5 Å². The Bertz CT molecular complexity index is 559. The molecule has 1 aliphatic rings. The van der Waals surface area contributed by atoms with Gasteiger partial charge in [-0.05, 0) is 44.0 Å². The maximum Gasteiger partial charge on any atom is 0.236 e. The molecule has 1 aromatic rings. The van der Waals surface area contributed by atoms with E-state index in [1.54, 1.807) is 11.9 Å². The number of nitrogens with two attached hydrogens (primary N) is 1. The van der Waals surface area contributed by atoms with E-state index < -0.39 is 0 Å². The van der Waals surface area contributed by atoms with Crippen molar-refractivity contribution in [2.24, 2.45) is 11.7 Å². The maximum absolute atomic E-state index is 12.4. The first-order chi connectivity index (χ1) is 11.5. The van der Waals surface area contributed by atoms with E-state index in [-0.39, 0.29) is 17.7 Å². The first-order valence-electron chi connectivity index (χ1n) is 8.47. The highest BCUT2D eigenvalue weighted by atomic mass is 16.5. The summed E-state index contributed by atoms with van der Waals surface area (Å²) in [5, 5.41) is 0. The zero-order valence-corrected chi connectivity index (χ0v) is 14.5. The highest BCUT2D eigenvalue weighted by Gasteiger charge is 2.25. The standard InChI is InChI=1S/C18H27N3O3/c1-3-24-16-8-6-14(7-9-16)11-20(2)17(22)13-21-10-4-5-15(12-21)18(19)23/h6-9,15H,3-5,10-13H2,1-2H3,(H2,19,23)/t15-/m1/s1. The van der Waals surface area contributed by atoms with Gasteiger partial charge < -0.3 is 15.4 Å². The maximum atomic E-state index is 12.4. The van der Waals surface area contributed by atoms with Gasteiger partial charge in [-0.25, -0.2) is 0 Å². The molecular formula is C18H27N3O3. The van der Waals surface area contributed by atoms with Crippen LogP contribution in [0.15, 0.2) is 24.3 Å². The van der Waals surface area contributed by atoms with Gasteiger partial charge in [0.15, 0.2) is 0 Å². The molecule has 6 nitrogen and oxygen atoms in total. The van der Waals surface area contributed by atoms with Crippen LogP contribution < -0.4 is 10.5 Å². The number of piperidine rings is 1. The minimum absolute atomic E-state index is 0.0500. The van der Waals surface area contributed by atoms with Crippen LogP contribution in [-0.4, -0.2) is 54.9 Å². The predicted molar refractivity (Wildman–Crippen MR) is 92.4 cm³/mol. The lowest BCUT2D eigenvalue weighted by Gasteiger charge is -2.31. The summed E-state index contributed by atoms with van der Waals surface area (Å²) in [5.74, 6) is 0.480. The fourth-order valence-corrected chi connectivity index (χ4v) is 2.96. The van der Waals surface area contributed by atoms with E-state index in [0.717, 1.165) is 30.7 Å². The van der Waals surface area contributed by atoms with Crippen molar-refractivity contribution in [3.8, 4) is 5.75 Å². The third-order valence-corrected chi connectivity index (χ3v) is 4.35. The quantitative estimate of drug-likeness (QED) is 0.814. The molecule has 2 amide bonds. The highest BCUT2D eigenvalue weighted by Crippen LogP contribution is 2.17. The van der Waals surface area contributed by atoms with E-state index >= 15 is 0 Å². The van der Waals surface area contributed by atoms with Gasteiger partial charge in [0, 0.05) is 20.1 Å². The number of primary amides is 1. The summed E-state index contributed by atoms with van der Waals surface area (Å²) >= 11 is 0. The summed E-state index contributed by atoms with van der Waals surface area (Å²) in [4.78, 5) is 27.5. The van der Waals surface area contributed by atoms with Crippen molar-refractivity contribution in [1.82, 2.24) is 9.80 Å². The van der Waals surface area contributed by atoms with Crippen LogP contribution in [0.5, 0.6) is 5.75 Å². The van der Waals surface area contributed by atoms with E-state index in [0.29, 0.717) is 26.2 Å². The van der Waals surface area contributed by atoms with Gasteiger partial charge in [-0.2, -0.15) is 0 Å². The number of ether oxygens (including phenoxy) is 1. The molecule has 0 aliphatic carbocycles. The Labute approximate surface area is 143 Å². The number of hydrogen-bond acceptors (Lipinski definition) is 4. The molecule has 132 valence electrons. The van der Waals surface area contributed by atoms with Gasteiger partial charge >= 0.3 is 0 Å².